The van der Waals surface area contributed by atoms with E-state index in [1.807, 2.05) is 43.3 Å². The lowest BCUT2D eigenvalue weighted by Crippen LogP contribution is -2.11. The number of benzene rings is 2. The van der Waals surface area contributed by atoms with E-state index in [2.05, 4.69) is 17.1 Å². The van der Waals surface area contributed by atoms with Crippen LogP contribution in [0.5, 0.6) is 0 Å². The summed E-state index contributed by atoms with van der Waals surface area (Å²) in [4.78, 5) is 4.50. The van der Waals surface area contributed by atoms with E-state index in [-0.39, 0.29) is 6.04 Å². The van der Waals surface area contributed by atoms with Crippen LogP contribution in [0.3, 0.4) is 0 Å². The largest absolute Gasteiger partial charge is 0.441 e. The van der Waals surface area contributed by atoms with E-state index < -0.39 is 0 Å². The number of rotatable bonds is 4. The zero-order valence-electron chi connectivity index (χ0n) is 11.5. The van der Waals surface area contributed by atoms with Gasteiger partial charge in [0.1, 0.15) is 5.52 Å². The number of nitrogens with two attached hydrogens (primary N) is 1. The Bertz CT molecular complexity index is 703. The summed E-state index contributed by atoms with van der Waals surface area (Å²) in [7, 11) is 0. The normalized spacial score (nSPS) is 12.7. The molecule has 3 heteroatoms. The first kappa shape index (κ1) is 12.9. The van der Waals surface area contributed by atoms with E-state index in [0.717, 1.165) is 35.4 Å². The molecule has 3 rings (SSSR count). The van der Waals surface area contributed by atoms with E-state index in [1.54, 1.807) is 0 Å². The molecule has 0 bridgehead atoms. The average Bonchev–Trinajstić information content (AvgIpc) is 2.87. The summed E-state index contributed by atoms with van der Waals surface area (Å²) in [5, 5.41) is 0. The molecule has 0 amide bonds. The van der Waals surface area contributed by atoms with Gasteiger partial charge in [0.2, 0.25) is 0 Å². The molecule has 1 atom stereocenters. The summed E-state index contributed by atoms with van der Waals surface area (Å²) in [5.41, 5.74) is 10.3. The third-order valence-corrected chi connectivity index (χ3v) is 3.49. The van der Waals surface area contributed by atoms with Gasteiger partial charge in [-0.05, 0) is 36.6 Å². The zero-order chi connectivity index (χ0) is 13.9. The van der Waals surface area contributed by atoms with E-state index in [1.165, 1.54) is 5.56 Å². The maximum atomic E-state index is 6.19. The number of nitrogens with zero attached hydrogens (tertiary/aromatic N) is 1. The van der Waals surface area contributed by atoms with E-state index >= 15 is 0 Å². The first-order chi connectivity index (χ1) is 9.72. The Morgan fingerprint density at radius 2 is 1.95 bits per heavy atom. The average molecular weight is 266 g/mol. The molecular formula is C17H18N2O. The third kappa shape index (κ3) is 2.73. The number of hydrogen-bond acceptors (Lipinski definition) is 3. The molecule has 1 unspecified atom stereocenters. The van der Waals surface area contributed by atoms with Crippen LogP contribution in [0.1, 0.15) is 29.5 Å². The van der Waals surface area contributed by atoms with Gasteiger partial charge in [0.15, 0.2) is 11.5 Å². The summed E-state index contributed by atoms with van der Waals surface area (Å²) in [6.07, 6.45) is 1.58. The fourth-order valence-corrected chi connectivity index (χ4v) is 2.33. The Hall–Kier alpha value is -2.13. The van der Waals surface area contributed by atoms with Crippen molar-refractivity contribution in [3.05, 3.63) is 65.5 Å². The van der Waals surface area contributed by atoms with Crippen molar-refractivity contribution in [3.8, 4) is 0 Å². The standard InChI is InChI=1S/C17H18N2O/c1-12-7-9-15-16(11-12)20-17(19-15)10-8-14(18)13-5-3-2-4-6-13/h2-7,9,11,14H,8,10,18H2,1H3. The molecule has 0 saturated heterocycles. The quantitative estimate of drug-likeness (QED) is 0.782. The smallest absolute Gasteiger partial charge is 0.195 e. The van der Waals surface area contributed by atoms with Gasteiger partial charge in [-0.15, -0.1) is 0 Å². The Morgan fingerprint density at radius 3 is 2.75 bits per heavy atom. The predicted molar refractivity (Wildman–Crippen MR) is 80.4 cm³/mol. The minimum absolute atomic E-state index is 0.0212. The Balaban J connectivity index is 1.71. The van der Waals surface area contributed by atoms with Crippen molar-refractivity contribution in [2.75, 3.05) is 0 Å². The Labute approximate surface area is 118 Å². The highest BCUT2D eigenvalue weighted by Crippen LogP contribution is 2.20. The summed E-state index contributed by atoms with van der Waals surface area (Å²) < 4.78 is 5.77. The molecule has 102 valence electrons. The topological polar surface area (TPSA) is 52.0 Å². The lowest BCUT2D eigenvalue weighted by Gasteiger charge is -2.10. The van der Waals surface area contributed by atoms with Crippen molar-refractivity contribution in [2.45, 2.75) is 25.8 Å². The number of hydrogen-bond donors (Lipinski definition) is 1. The second-order valence-corrected chi connectivity index (χ2v) is 5.13. The number of aryl methyl sites for hydroxylation is 2. The highest BCUT2D eigenvalue weighted by Gasteiger charge is 2.10. The molecule has 1 aromatic heterocycles. The van der Waals surface area contributed by atoms with E-state index in [4.69, 9.17) is 10.2 Å². The molecule has 0 fully saturated rings. The van der Waals surface area contributed by atoms with Gasteiger partial charge in [0.25, 0.3) is 0 Å². The lowest BCUT2D eigenvalue weighted by molar-refractivity contribution is 0.501. The summed E-state index contributed by atoms with van der Waals surface area (Å²) in [6.45, 7) is 2.05. The molecule has 0 aliphatic rings. The number of aromatic nitrogens is 1. The van der Waals surface area contributed by atoms with Gasteiger partial charge >= 0.3 is 0 Å². The van der Waals surface area contributed by atoms with Crippen LogP contribution in [0, 0.1) is 6.92 Å². The van der Waals surface area contributed by atoms with Crippen LogP contribution in [0.15, 0.2) is 52.9 Å². The highest BCUT2D eigenvalue weighted by atomic mass is 16.3. The first-order valence-electron chi connectivity index (χ1n) is 6.89. The van der Waals surface area contributed by atoms with Crippen molar-refractivity contribution in [1.29, 1.82) is 0 Å². The summed E-state index contributed by atoms with van der Waals surface area (Å²) in [6, 6.07) is 16.2. The van der Waals surface area contributed by atoms with Gasteiger partial charge in [-0.1, -0.05) is 36.4 Å². The molecule has 0 saturated carbocycles. The first-order valence-corrected chi connectivity index (χ1v) is 6.89. The van der Waals surface area contributed by atoms with Crippen molar-refractivity contribution in [2.24, 2.45) is 5.73 Å². The van der Waals surface area contributed by atoms with Gasteiger partial charge < -0.3 is 10.2 Å². The summed E-state index contributed by atoms with van der Waals surface area (Å²) in [5.74, 6) is 0.761. The van der Waals surface area contributed by atoms with Crippen LogP contribution in [0.2, 0.25) is 0 Å². The SMILES string of the molecule is Cc1ccc2nc(CCC(N)c3ccccc3)oc2c1. The van der Waals surface area contributed by atoms with Gasteiger partial charge in [-0.3, -0.25) is 0 Å². The molecule has 0 aliphatic carbocycles. The minimum atomic E-state index is 0.0212. The second kappa shape index (κ2) is 5.47. The molecule has 0 spiro atoms. The monoisotopic (exact) mass is 266 g/mol. The fourth-order valence-electron chi connectivity index (χ4n) is 2.33. The summed E-state index contributed by atoms with van der Waals surface area (Å²) >= 11 is 0. The van der Waals surface area contributed by atoms with Crippen LogP contribution in [-0.2, 0) is 6.42 Å². The minimum Gasteiger partial charge on any atom is -0.441 e. The van der Waals surface area contributed by atoms with E-state index in [9.17, 15) is 0 Å². The third-order valence-electron chi connectivity index (χ3n) is 3.49. The zero-order valence-corrected chi connectivity index (χ0v) is 11.5. The maximum absolute atomic E-state index is 6.19. The fraction of sp³-hybridized carbons (Fsp3) is 0.235. The Kier molecular flexibility index (Phi) is 3.52. The van der Waals surface area contributed by atoms with Gasteiger partial charge in [0, 0.05) is 12.5 Å². The predicted octanol–water partition coefficient (Wildman–Crippen LogP) is 3.77. The van der Waals surface area contributed by atoms with Crippen LogP contribution in [-0.4, -0.2) is 4.98 Å². The number of oxazole rings is 1. The number of fused-ring (bicyclic) bond motifs is 1. The van der Waals surface area contributed by atoms with Crippen LogP contribution in [0.25, 0.3) is 11.1 Å². The van der Waals surface area contributed by atoms with Gasteiger partial charge in [0.05, 0.1) is 0 Å². The van der Waals surface area contributed by atoms with Crippen LogP contribution >= 0.6 is 0 Å². The molecule has 1 heterocycles. The van der Waals surface area contributed by atoms with Crippen LogP contribution < -0.4 is 5.73 Å². The van der Waals surface area contributed by atoms with Crippen molar-refractivity contribution < 1.29 is 4.42 Å². The molecule has 2 aromatic carbocycles. The molecule has 3 aromatic rings. The maximum Gasteiger partial charge on any atom is 0.195 e. The van der Waals surface area contributed by atoms with Crippen molar-refractivity contribution >= 4 is 11.1 Å². The molecule has 0 aliphatic heterocycles. The second-order valence-electron chi connectivity index (χ2n) is 5.13. The van der Waals surface area contributed by atoms with Crippen LogP contribution in [0.4, 0.5) is 0 Å². The van der Waals surface area contributed by atoms with Crippen molar-refractivity contribution in [3.63, 3.8) is 0 Å². The highest BCUT2D eigenvalue weighted by molar-refractivity contribution is 5.73. The Morgan fingerprint density at radius 1 is 1.15 bits per heavy atom. The van der Waals surface area contributed by atoms with Gasteiger partial charge in [-0.25, -0.2) is 4.98 Å². The molecule has 3 nitrogen and oxygen atoms in total. The van der Waals surface area contributed by atoms with E-state index in [0.29, 0.717) is 0 Å². The van der Waals surface area contributed by atoms with Gasteiger partial charge in [-0.2, -0.15) is 0 Å². The lowest BCUT2D eigenvalue weighted by atomic mass is 10.0. The molecule has 2 N–H and O–H groups in total. The molecule has 20 heavy (non-hydrogen) atoms. The molecule has 0 radical (unpaired) electrons. The van der Waals surface area contributed by atoms with Crippen molar-refractivity contribution in [1.82, 2.24) is 4.98 Å². The molecular weight excluding hydrogens is 248 g/mol.